The van der Waals surface area contributed by atoms with E-state index in [1.807, 2.05) is 60.7 Å². The number of furan rings is 2. The molecule has 0 aliphatic heterocycles. The predicted molar refractivity (Wildman–Crippen MR) is 183 cm³/mol. The third kappa shape index (κ3) is 3.70. The first-order valence-electron chi connectivity index (χ1n) is 15.1. The minimum atomic E-state index is 0.521. The third-order valence-corrected chi connectivity index (χ3v) is 8.77. The molecule has 0 saturated carbocycles. The van der Waals surface area contributed by atoms with Crippen LogP contribution in [0, 0.1) is 0 Å². The van der Waals surface area contributed by atoms with Crippen molar-refractivity contribution in [3.05, 3.63) is 134 Å². The predicted octanol–water partition coefficient (Wildman–Crippen LogP) is 10.4. The van der Waals surface area contributed by atoms with Gasteiger partial charge in [-0.3, -0.25) is 0 Å². The van der Waals surface area contributed by atoms with Gasteiger partial charge in [-0.1, -0.05) is 91.0 Å². The molecular formula is C40H22N4O2. The first-order valence-corrected chi connectivity index (χ1v) is 15.1. The second-order valence-corrected chi connectivity index (χ2v) is 11.5. The second kappa shape index (κ2) is 9.55. The van der Waals surface area contributed by atoms with Crippen LogP contribution in [0.5, 0.6) is 0 Å². The SMILES string of the molecule is c1ccc2cc(-c3nc(-c4cc5ccccc5c5c4oc4ncccc45)nc(-c4cccc5oc6ccccc6c45)n3)ccc2c1. The first-order chi connectivity index (χ1) is 22.8. The molecule has 0 bridgehead atoms. The van der Waals surface area contributed by atoms with Gasteiger partial charge in [0.25, 0.3) is 0 Å². The summed E-state index contributed by atoms with van der Waals surface area (Å²) in [6, 6.07) is 43.1. The lowest BCUT2D eigenvalue weighted by atomic mass is 10.00. The Labute approximate surface area is 261 Å². The summed E-state index contributed by atoms with van der Waals surface area (Å²) in [5.74, 6) is 1.65. The van der Waals surface area contributed by atoms with E-state index in [2.05, 4.69) is 71.7 Å². The number of nitrogens with zero attached hydrogens (tertiary/aromatic N) is 4. The lowest BCUT2D eigenvalue weighted by Crippen LogP contribution is -2.01. The maximum atomic E-state index is 6.48. The molecule has 6 heteroatoms. The molecule has 0 radical (unpaired) electrons. The van der Waals surface area contributed by atoms with Crippen molar-refractivity contribution in [1.82, 2.24) is 19.9 Å². The maximum absolute atomic E-state index is 6.48. The summed E-state index contributed by atoms with van der Waals surface area (Å²) in [4.78, 5) is 20.0. The lowest BCUT2D eigenvalue weighted by Gasteiger charge is -2.11. The van der Waals surface area contributed by atoms with Gasteiger partial charge in [-0.25, -0.2) is 19.9 Å². The zero-order chi connectivity index (χ0) is 30.2. The van der Waals surface area contributed by atoms with Gasteiger partial charge in [0.05, 0.1) is 5.56 Å². The molecule has 4 heterocycles. The van der Waals surface area contributed by atoms with Crippen molar-refractivity contribution >= 4 is 65.6 Å². The van der Waals surface area contributed by atoms with Gasteiger partial charge in [0.2, 0.25) is 5.71 Å². The van der Waals surface area contributed by atoms with Crippen LogP contribution in [0.25, 0.3) is 99.7 Å². The highest BCUT2D eigenvalue weighted by atomic mass is 16.3. The van der Waals surface area contributed by atoms with Crippen molar-refractivity contribution in [2.45, 2.75) is 0 Å². The Balaban J connectivity index is 1.31. The molecule has 10 rings (SSSR count). The van der Waals surface area contributed by atoms with E-state index in [1.54, 1.807) is 6.20 Å². The van der Waals surface area contributed by atoms with E-state index in [0.29, 0.717) is 28.8 Å². The Morgan fingerprint density at radius 3 is 2.07 bits per heavy atom. The number of benzene rings is 6. The summed E-state index contributed by atoms with van der Waals surface area (Å²) < 4.78 is 12.7. The summed E-state index contributed by atoms with van der Waals surface area (Å²) in [5.41, 5.74) is 5.42. The fraction of sp³-hybridized carbons (Fsp3) is 0. The standard InChI is InChI=1S/C40H22N4O2/c1-2-10-24-21-26(19-18-23(24)9-1)37-42-38(29-14-7-17-33-34(29)28-13-5-6-16-32(28)45-33)44-39(43-37)31-22-25-11-3-4-12-27(25)35-30-15-8-20-41-40(30)46-36(31)35/h1-22H. The van der Waals surface area contributed by atoms with Crippen LogP contribution in [0.15, 0.2) is 142 Å². The maximum Gasteiger partial charge on any atom is 0.227 e. The highest BCUT2D eigenvalue weighted by molar-refractivity contribution is 6.21. The van der Waals surface area contributed by atoms with Crippen LogP contribution in [0.3, 0.4) is 0 Å². The average Bonchev–Trinajstić information content (AvgIpc) is 3.70. The van der Waals surface area contributed by atoms with Crippen LogP contribution in [-0.4, -0.2) is 19.9 Å². The summed E-state index contributed by atoms with van der Waals surface area (Å²) in [6.45, 7) is 0. The van der Waals surface area contributed by atoms with E-state index in [0.717, 1.165) is 70.9 Å². The second-order valence-electron chi connectivity index (χ2n) is 11.5. The molecule has 10 aromatic rings. The largest absolute Gasteiger partial charge is 0.456 e. The minimum absolute atomic E-state index is 0.521. The molecule has 0 spiro atoms. The van der Waals surface area contributed by atoms with Crippen molar-refractivity contribution in [2.24, 2.45) is 0 Å². The molecule has 4 aromatic heterocycles. The topological polar surface area (TPSA) is 77.8 Å². The number of rotatable bonds is 3. The Hall–Kier alpha value is -6.40. The van der Waals surface area contributed by atoms with Gasteiger partial charge >= 0.3 is 0 Å². The number of hydrogen-bond donors (Lipinski definition) is 0. The molecule has 0 atom stereocenters. The van der Waals surface area contributed by atoms with Crippen molar-refractivity contribution < 1.29 is 8.83 Å². The quantitative estimate of drug-likeness (QED) is 0.204. The van der Waals surface area contributed by atoms with Crippen LogP contribution in [0.1, 0.15) is 0 Å². The third-order valence-electron chi connectivity index (χ3n) is 8.77. The fourth-order valence-corrected chi connectivity index (χ4v) is 6.66. The molecule has 0 aliphatic rings. The zero-order valence-electron chi connectivity index (χ0n) is 24.3. The van der Waals surface area contributed by atoms with Crippen LogP contribution in [0.4, 0.5) is 0 Å². The minimum Gasteiger partial charge on any atom is -0.456 e. The molecule has 0 amide bonds. The van der Waals surface area contributed by atoms with Crippen molar-refractivity contribution in [3.8, 4) is 34.2 Å². The van der Waals surface area contributed by atoms with E-state index in [-0.39, 0.29) is 0 Å². The van der Waals surface area contributed by atoms with Gasteiger partial charge in [0.1, 0.15) is 16.7 Å². The summed E-state index contributed by atoms with van der Waals surface area (Å²) >= 11 is 0. The highest BCUT2D eigenvalue weighted by Crippen LogP contribution is 2.41. The van der Waals surface area contributed by atoms with Gasteiger partial charge in [-0.05, 0) is 57.9 Å². The number of pyridine rings is 1. The van der Waals surface area contributed by atoms with Crippen molar-refractivity contribution in [1.29, 1.82) is 0 Å². The summed E-state index contributed by atoms with van der Waals surface area (Å²) in [5, 5.41) is 8.35. The van der Waals surface area contributed by atoms with Crippen LogP contribution in [0.2, 0.25) is 0 Å². The van der Waals surface area contributed by atoms with Crippen molar-refractivity contribution in [2.75, 3.05) is 0 Å². The molecule has 0 unspecified atom stereocenters. The number of hydrogen-bond acceptors (Lipinski definition) is 6. The Morgan fingerprint density at radius 1 is 0.435 bits per heavy atom. The highest BCUT2D eigenvalue weighted by Gasteiger charge is 2.22. The Morgan fingerprint density at radius 2 is 1.15 bits per heavy atom. The number of fused-ring (bicyclic) bond motifs is 9. The van der Waals surface area contributed by atoms with E-state index < -0.39 is 0 Å². The van der Waals surface area contributed by atoms with Crippen LogP contribution >= 0.6 is 0 Å². The Kier molecular flexibility index (Phi) is 5.19. The zero-order valence-corrected chi connectivity index (χ0v) is 24.3. The summed E-state index contributed by atoms with van der Waals surface area (Å²) in [7, 11) is 0. The molecule has 0 aliphatic carbocycles. The molecule has 0 N–H and O–H groups in total. The van der Waals surface area contributed by atoms with Gasteiger partial charge < -0.3 is 8.83 Å². The monoisotopic (exact) mass is 590 g/mol. The molecule has 0 fully saturated rings. The van der Waals surface area contributed by atoms with Gasteiger partial charge in [-0.15, -0.1) is 0 Å². The van der Waals surface area contributed by atoms with Gasteiger partial charge in [-0.2, -0.15) is 0 Å². The van der Waals surface area contributed by atoms with Crippen molar-refractivity contribution in [3.63, 3.8) is 0 Å². The van der Waals surface area contributed by atoms with E-state index in [9.17, 15) is 0 Å². The Bertz CT molecular complexity index is 2830. The molecule has 214 valence electrons. The van der Waals surface area contributed by atoms with Crippen LogP contribution in [-0.2, 0) is 0 Å². The average molecular weight is 591 g/mol. The molecule has 46 heavy (non-hydrogen) atoms. The number of aromatic nitrogens is 4. The molecule has 6 nitrogen and oxygen atoms in total. The first kappa shape index (κ1) is 25.0. The normalized spacial score (nSPS) is 11.9. The lowest BCUT2D eigenvalue weighted by molar-refractivity contribution is 0.655. The number of para-hydroxylation sites is 1. The van der Waals surface area contributed by atoms with E-state index >= 15 is 0 Å². The fourth-order valence-electron chi connectivity index (χ4n) is 6.66. The molecule has 6 aromatic carbocycles. The molecular weight excluding hydrogens is 568 g/mol. The van der Waals surface area contributed by atoms with Crippen LogP contribution < -0.4 is 0 Å². The summed E-state index contributed by atoms with van der Waals surface area (Å²) in [6.07, 6.45) is 1.75. The van der Waals surface area contributed by atoms with E-state index in [4.69, 9.17) is 23.8 Å². The van der Waals surface area contributed by atoms with Gasteiger partial charge in [0, 0.05) is 38.9 Å². The van der Waals surface area contributed by atoms with E-state index in [1.165, 1.54) is 0 Å². The molecule has 0 saturated heterocycles. The smallest absolute Gasteiger partial charge is 0.227 e. The van der Waals surface area contributed by atoms with Gasteiger partial charge in [0.15, 0.2) is 17.5 Å².